The van der Waals surface area contributed by atoms with E-state index in [-0.39, 0.29) is 17.1 Å². The van der Waals surface area contributed by atoms with Gasteiger partial charge >= 0.3 is 0 Å². The molecular formula is C23H36N6O5S. The Bertz CT molecular complexity index is 1070. The molecule has 4 rings (SSSR count). The number of likely N-dealkylation sites (tertiary alicyclic amines) is 1. The summed E-state index contributed by atoms with van der Waals surface area (Å²) < 4.78 is 36.3. The predicted molar refractivity (Wildman–Crippen MR) is 130 cm³/mol. The van der Waals surface area contributed by atoms with Crippen molar-refractivity contribution in [1.29, 1.82) is 0 Å². The predicted octanol–water partition coefficient (Wildman–Crippen LogP) is 1.29. The lowest BCUT2D eigenvalue weighted by Gasteiger charge is -2.36. The van der Waals surface area contributed by atoms with Gasteiger partial charge in [-0.3, -0.25) is 9.58 Å². The molecular weight excluding hydrogens is 472 g/mol. The number of primary sulfonamides is 1. The lowest BCUT2D eigenvalue weighted by atomic mass is 10.0. The van der Waals surface area contributed by atoms with Gasteiger partial charge in [-0.05, 0) is 57.5 Å². The second-order valence-electron chi connectivity index (χ2n) is 9.78. The molecule has 3 atom stereocenters. The van der Waals surface area contributed by atoms with Crippen molar-refractivity contribution in [3.63, 3.8) is 0 Å². The molecule has 0 saturated carbocycles. The highest BCUT2D eigenvalue weighted by Gasteiger charge is 2.48. The summed E-state index contributed by atoms with van der Waals surface area (Å²) in [6, 6.07) is 6.28. The van der Waals surface area contributed by atoms with Crippen LogP contribution in [0.25, 0.3) is 0 Å². The summed E-state index contributed by atoms with van der Waals surface area (Å²) in [7, 11) is -3.69. The molecule has 11 nitrogen and oxygen atoms in total. The third-order valence-corrected chi connectivity index (χ3v) is 7.27. The Morgan fingerprint density at radius 3 is 2.54 bits per heavy atom. The van der Waals surface area contributed by atoms with Crippen molar-refractivity contribution in [2.45, 2.75) is 81.6 Å². The first-order valence-electron chi connectivity index (χ1n) is 12.1. The summed E-state index contributed by atoms with van der Waals surface area (Å²) in [5, 5.41) is 27.1. The van der Waals surface area contributed by atoms with Crippen LogP contribution >= 0.6 is 0 Å². The number of sulfonamides is 1. The Morgan fingerprint density at radius 1 is 1.11 bits per heavy atom. The van der Waals surface area contributed by atoms with E-state index in [0.29, 0.717) is 13.1 Å². The third-order valence-electron chi connectivity index (χ3n) is 6.34. The van der Waals surface area contributed by atoms with Crippen LogP contribution in [0.1, 0.15) is 45.2 Å². The Labute approximate surface area is 206 Å². The number of ether oxygens (including phenoxy) is 2. The number of nitrogens with zero attached hydrogens (tertiary/aromatic N) is 4. The highest BCUT2D eigenvalue weighted by Crippen LogP contribution is 2.33. The molecule has 4 N–H and O–H groups in total. The monoisotopic (exact) mass is 508 g/mol. The molecule has 0 bridgehead atoms. The highest BCUT2D eigenvalue weighted by molar-refractivity contribution is 7.89. The van der Waals surface area contributed by atoms with Crippen LogP contribution in [0.3, 0.4) is 0 Å². The van der Waals surface area contributed by atoms with Crippen LogP contribution < -0.4 is 10.5 Å². The normalized spacial score (nSPS) is 24.4. The molecule has 2 aliphatic heterocycles. The number of fused-ring (bicyclic) bond motifs is 1. The van der Waals surface area contributed by atoms with Crippen LogP contribution in [0.15, 0.2) is 35.4 Å². The Balaban J connectivity index is 1.10. The zero-order valence-electron chi connectivity index (χ0n) is 20.3. The number of β-amino-alcohol motifs (C(OH)–C–C–N with tert-alkyl or cyclic N) is 1. The van der Waals surface area contributed by atoms with Crippen molar-refractivity contribution in [3.05, 3.63) is 36.2 Å². The summed E-state index contributed by atoms with van der Waals surface area (Å²) >= 11 is 0. The average molecular weight is 509 g/mol. The number of unbranched alkanes of at least 4 members (excludes halogenated alkanes) is 3. The van der Waals surface area contributed by atoms with Gasteiger partial charge in [0.05, 0.1) is 23.7 Å². The quantitative estimate of drug-likeness (QED) is 0.382. The van der Waals surface area contributed by atoms with Gasteiger partial charge in [-0.25, -0.2) is 13.6 Å². The largest absolute Gasteiger partial charge is 0.389 e. The number of hydrogen-bond donors (Lipinski definition) is 3. The number of nitrogens with two attached hydrogens (primary N) is 1. The molecule has 194 valence electrons. The number of aliphatic hydroxyl groups excluding tert-OH is 1. The number of aliphatic hydroxyl groups is 1. The number of nitrogens with one attached hydrogen (secondary N) is 1. The Kier molecular flexibility index (Phi) is 8.09. The van der Waals surface area contributed by atoms with Crippen molar-refractivity contribution in [3.8, 4) is 0 Å². The van der Waals surface area contributed by atoms with Gasteiger partial charge in [-0.15, -0.1) is 5.10 Å². The Hall–Kier alpha value is -2.09. The van der Waals surface area contributed by atoms with E-state index in [1.54, 1.807) is 12.1 Å². The maximum Gasteiger partial charge on any atom is 0.238 e. The molecule has 1 aromatic carbocycles. The van der Waals surface area contributed by atoms with Crippen molar-refractivity contribution in [2.24, 2.45) is 5.14 Å². The molecule has 3 heterocycles. The second-order valence-corrected chi connectivity index (χ2v) is 11.3. The fourth-order valence-electron chi connectivity index (χ4n) is 4.66. The van der Waals surface area contributed by atoms with Crippen LogP contribution in [-0.2, 0) is 32.6 Å². The fourth-order valence-corrected chi connectivity index (χ4v) is 5.17. The van der Waals surface area contributed by atoms with Crippen molar-refractivity contribution in [1.82, 2.24) is 19.9 Å². The summed E-state index contributed by atoms with van der Waals surface area (Å²) in [5.41, 5.74) is 1.59. The van der Waals surface area contributed by atoms with Gasteiger partial charge in [0.2, 0.25) is 10.0 Å². The molecule has 0 amide bonds. The number of benzene rings is 1. The minimum atomic E-state index is -3.69. The van der Waals surface area contributed by atoms with Crippen LogP contribution in [0.2, 0.25) is 0 Å². The lowest BCUT2D eigenvalue weighted by Crippen LogP contribution is -2.54. The zero-order chi connectivity index (χ0) is 25.1. The number of anilines is 1. The molecule has 12 heteroatoms. The van der Waals surface area contributed by atoms with E-state index in [4.69, 9.17) is 14.6 Å². The van der Waals surface area contributed by atoms with Gasteiger partial charge in [0.25, 0.3) is 0 Å². The molecule has 35 heavy (non-hydrogen) atoms. The number of aromatic nitrogens is 3. The first-order chi connectivity index (χ1) is 16.6. The van der Waals surface area contributed by atoms with Gasteiger partial charge < -0.3 is 19.9 Å². The smallest absolute Gasteiger partial charge is 0.238 e. The van der Waals surface area contributed by atoms with Crippen molar-refractivity contribution >= 4 is 15.7 Å². The molecule has 0 unspecified atom stereocenters. The summed E-state index contributed by atoms with van der Waals surface area (Å²) in [4.78, 5) is 2.35. The SMILES string of the molecule is CC1(C)O[C@H]2[C@H](O)CN(CCCCCCn3cc(CNc4ccc(S(N)(=O)=O)cc4)nn3)C[C@H]2O1. The van der Waals surface area contributed by atoms with Crippen LogP contribution in [0.5, 0.6) is 0 Å². The minimum absolute atomic E-state index is 0.0637. The number of hydrogen-bond acceptors (Lipinski definition) is 9. The molecule has 2 saturated heterocycles. The second kappa shape index (κ2) is 10.9. The van der Waals surface area contributed by atoms with Gasteiger partial charge in [0.15, 0.2) is 5.79 Å². The van der Waals surface area contributed by atoms with E-state index in [1.807, 2.05) is 24.7 Å². The summed E-state index contributed by atoms with van der Waals surface area (Å²) in [6.07, 6.45) is 5.43. The van der Waals surface area contributed by atoms with Crippen molar-refractivity contribution in [2.75, 3.05) is 25.0 Å². The van der Waals surface area contributed by atoms with Crippen LogP contribution in [0, 0.1) is 0 Å². The van der Waals surface area contributed by atoms with Crippen LogP contribution in [-0.4, -0.2) is 77.2 Å². The molecule has 2 aliphatic rings. The van der Waals surface area contributed by atoms with E-state index in [2.05, 4.69) is 20.5 Å². The van der Waals surface area contributed by atoms with E-state index >= 15 is 0 Å². The molecule has 0 radical (unpaired) electrons. The molecule has 1 aromatic heterocycles. The lowest BCUT2D eigenvalue weighted by molar-refractivity contribution is -0.152. The van der Waals surface area contributed by atoms with E-state index < -0.39 is 21.9 Å². The first kappa shape index (κ1) is 26.0. The third kappa shape index (κ3) is 7.21. The van der Waals surface area contributed by atoms with Gasteiger partial charge in [0, 0.05) is 25.3 Å². The highest BCUT2D eigenvalue weighted by atomic mass is 32.2. The number of aryl methyl sites for hydroxylation is 1. The minimum Gasteiger partial charge on any atom is -0.389 e. The zero-order valence-corrected chi connectivity index (χ0v) is 21.2. The topological polar surface area (TPSA) is 145 Å². The first-order valence-corrected chi connectivity index (χ1v) is 13.7. The van der Waals surface area contributed by atoms with Gasteiger partial charge in [-0.1, -0.05) is 18.1 Å². The number of rotatable bonds is 11. The maximum atomic E-state index is 11.3. The molecule has 2 fully saturated rings. The maximum absolute atomic E-state index is 11.3. The average Bonchev–Trinajstić information content (AvgIpc) is 3.37. The van der Waals surface area contributed by atoms with E-state index in [9.17, 15) is 13.5 Å². The number of piperidine rings is 1. The molecule has 0 aliphatic carbocycles. The standard InChI is InChI=1S/C23H36N6O5S/c1-23(2)33-21-16-28(15-20(30)22(21)34-23)11-5-3-4-6-12-29-14-18(26-27-29)13-25-17-7-9-19(10-8-17)35(24,31)32/h7-10,14,20-22,25,30H,3-6,11-13,15-16H2,1-2H3,(H2,24,31,32)/t20-,21-,22+/m1/s1. The molecule has 0 spiro atoms. The van der Waals surface area contributed by atoms with Gasteiger partial charge in [0.1, 0.15) is 17.9 Å². The van der Waals surface area contributed by atoms with Gasteiger partial charge in [-0.2, -0.15) is 0 Å². The summed E-state index contributed by atoms with van der Waals surface area (Å²) in [5.74, 6) is -0.620. The van der Waals surface area contributed by atoms with Crippen molar-refractivity contribution < 1.29 is 23.0 Å². The van der Waals surface area contributed by atoms with E-state index in [1.165, 1.54) is 12.1 Å². The summed E-state index contributed by atoms with van der Waals surface area (Å²) in [6.45, 7) is 7.47. The van der Waals surface area contributed by atoms with E-state index in [0.717, 1.165) is 56.7 Å². The fraction of sp³-hybridized carbons (Fsp3) is 0.652. The molecule has 2 aromatic rings. The Morgan fingerprint density at radius 2 is 1.83 bits per heavy atom. The van der Waals surface area contributed by atoms with Crippen LogP contribution in [0.4, 0.5) is 5.69 Å².